The normalized spacial score (nSPS) is 11.3. The van der Waals surface area contributed by atoms with Crippen molar-refractivity contribution in [2.45, 2.75) is 26.4 Å². The fourth-order valence-corrected chi connectivity index (χ4v) is 1.81. The average molecular weight is 320 g/mol. The number of rotatable bonds is 4. The molecular weight excluding hydrogens is 302 g/mol. The SMILES string of the molecule is CC(C)(C)OCC(=O)Nc1cccc(-c2ccc(Cl)nn2)c1. The Morgan fingerprint density at radius 2 is 2.00 bits per heavy atom. The van der Waals surface area contributed by atoms with E-state index in [4.69, 9.17) is 16.3 Å². The third-order valence-corrected chi connectivity index (χ3v) is 2.91. The van der Waals surface area contributed by atoms with Gasteiger partial charge in [0.1, 0.15) is 6.61 Å². The van der Waals surface area contributed by atoms with Crippen LogP contribution >= 0.6 is 11.6 Å². The Bertz CT molecular complexity index is 651. The summed E-state index contributed by atoms with van der Waals surface area (Å²) in [5.41, 5.74) is 1.86. The van der Waals surface area contributed by atoms with Gasteiger partial charge in [-0.2, -0.15) is 0 Å². The molecule has 6 heteroatoms. The molecule has 0 spiro atoms. The van der Waals surface area contributed by atoms with Crippen LogP contribution in [0, 0.1) is 0 Å². The Balaban J connectivity index is 2.05. The van der Waals surface area contributed by atoms with Gasteiger partial charge in [0.15, 0.2) is 5.15 Å². The van der Waals surface area contributed by atoms with E-state index >= 15 is 0 Å². The molecule has 2 aromatic rings. The minimum atomic E-state index is -0.349. The summed E-state index contributed by atoms with van der Waals surface area (Å²) in [6.07, 6.45) is 0. The molecule has 1 N–H and O–H groups in total. The first-order valence-electron chi connectivity index (χ1n) is 6.87. The van der Waals surface area contributed by atoms with E-state index in [-0.39, 0.29) is 18.1 Å². The Kier molecular flexibility index (Phi) is 5.11. The minimum Gasteiger partial charge on any atom is -0.366 e. The van der Waals surface area contributed by atoms with Crippen molar-refractivity contribution in [3.8, 4) is 11.3 Å². The summed E-state index contributed by atoms with van der Waals surface area (Å²) in [6, 6.07) is 10.8. The second-order valence-corrected chi connectivity index (χ2v) is 6.16. The van der Waals surface area contributed by atoms with Gasteiger partial charge in [0.2, 0.25) is 5.91 Å². The molecule has 1 amide bonds. The number of hydrogen-bond donors (Lipinski definition) is 1. The zero-order valence-corrected chi connectivity index (χ0v) is 13.5. The third-order valence-electron chi connectivity index (χ3n) is 2.71. The van der Waals surface area contributed by atoms with E-state index in [1.54, 1.807) is 12.1 Å². The van der Waals surface area contributed by atoms with Crippen molar-refractivity contribution in [3.05, 3.63) is 41.6 Å². The highest BCUT2D eigenvalue weighted by molar-refractivity contribution is 6.29. The van der Waals surface area contributed by atoms with Crippen LogP contribution in [-0.4, -0.2) is 28.3 Å². The van der Waals surface area contributed by atoms with Gasteiger partial charge in [-0.25, -0.2) is 0 Å². The molecule has 0 atom stereocenters. The number of hydrogen-bond acceptors (Lipinski definition) is 4. The van der Waals surface area contributed by atoms with E-state index in [0.29, 0.717) is 16.5 Å². The lowest BCUT2D eigenvalue weighted by atomic mass is 10.1. The first-order valence-corrected chi connectivity index (χ1v) is 7.25. The highest BCUT2D eigenvalue weighted by Gasteiger charge is 2.13. The molecular formula is C16H18ClN3O2. The summed E-state index contributed by atoms with van der Waals surface area (Å²) >= 11 is 5.73. The van der Waals surface area contributed by atoms with Crippen LogP contribution in [0.2, 0.25) is 5.15 Å². The number of nitrogens with one attached hydrogen (secondary N) is 1. The van der Waals surface area contributed by atoms with Gasteiger partial charge in [-0.05, 0) is 45.0 Å². The number of benzene rings is 1. The van der Waals surface area contributed by atoms with Crippen LogP contribution in [-0.2, 0) is 9.53 Å². The molecule has 0 saturated heterocycles. The van der Waals surface area contributed by atoms with Crippen molar-refractivity contribution in [3.63, 3.8) is 0 Å². The van der Waals surface area contributed by atoms with Crippen LogP contribution in [0.5, 0.6) is 0 Å². The van der Waals surface area contributed by atoms with Gasteiger partial charge >= 0.3 is 0 Å². The second-order valence-electron chi connectivity index (χ2n) is 5.77. The molecule has 22 heavy (non-hydrogen) atoms. The molecule has 1 heterocycles. The van der Waals surface area contributed by atoms with Gasteiger partial charge < -0.3 is 10.1 Å². The van der Waals surface area contributed by atoms with Crippen molar-refractivity contribution in [2.75, 3.05) is 11.9 Å². The van der Waals surface area contributed by atoms with Gasteiger partial charge in [-0.3, -0.25) is 4.79 Å². The maximum atomic E-state index is 11.9. The number of ether oxygens (including phenoxy) is 1. The standard InChI is InChI=1S/C16H18ClN3O2/c1-16(2,3)22-10-15(21)18-12-6-4-5-11(9-12)13-7-8-14(17)20-19-13/h4-9H,10H2,1-3H3,(H,18,21). The zero-order chi connectivity index (χ0) is 16.2. The lowest BCUT2D eigenvalue weighted by molar-refractivity contribution is -0.125. The Labute approximate surface area is 134 Å². The third kappa shape index (κ3) is 5.09. The van der Waals surface area contributed by atoms with E-state index in [1.807, 2.05) is 45.0 Å². The lowest BCUT2D eigenvalue weighted by Gasteiger charge is -2.19. The van der Waals surface area contributed by atoms with E-state index in [2.05, 4.69) is 15.5 Å². The number of halogens is 1. The summed E-state index contributed by atoms with van der Waals surface area (Å²) in [7, 11) is 0. The zero-order valence-electron chi connectivity index (χ0n) is 12.8. The molecule has 1 aromatic carbocycles. The van der Waals surface area contributed by atoms with Crippen molar-refractivity contribution >= 4 is 23.2 Å². The molecule has 0 unspecified atom stereocenters. The first-order chi connectivity index (χ1) is 10.3. The fraction of sp³-hybridized carbons (Fsp3) is 0.312. The second kappa shape index (κ2) is 6.85. The number of aromatic nitrogens is 2. The highest BCUT2D eigenvalue weighted by Crippen LogP contribution is 2.21. The number of nitrogens with zero attached hydrogens (tertiary/aromatic N) is 2. The molecule has 0 aliphatic heterocycles. The Morgan fingerprint density at radius 3 is 2.64 bits per heavy atom. The van der Waals surface area contributed by atoms with Gasteiger partial charge in [0, 0.05) is 11.3 Å². The largest absolute Gasteiger partial charge is 0.366 e. The van der Waals surface area contributed by atoms with Crippen LogP contribution < -0.4 is 5.32 Å². The molecule has 0 aliphatic carbocycles. The van der Waals surface area contributed by atoms with Crippen LogP contribution in [0.15, 0.2) is 36.4 Å². The Hall–Kier alpha value is -1.98. The predicted molar refractivity (Wildman–Crippen MR) is 86.8 cm³/mol. The highest BCUT2D eigenvalue weighted by atomic mass is 35.5. The van der Waals surface area contributed by atoms with Gasteiger partial charge in [0.25, 0.3) is 0 Å². The Morgan fingerprint density at radius 1 is 1.23 bits per heavy atom. The quantitative estimate of drug-likeness (QED) is 0.936. The van der Waals surface area contributed by atoms with Crippen LogP contribution in [0.3, 0.4) is 0 Å². The topological polar surface area (TPSA) is 64.1 Å². The number of carbonyl (C=O) groups excluding carboxylic acids is 1. The van der Waals surface area contributed by atoms with Gasteiger partial charge in [-0.15, -0.1) is 10.2 Å². The van der Waals surface area contributed by atoms with Gasteiger partial charge in [0.05, 0.1) is 11.3 Å². The summed E-state index contributed by atoms with van der Waals surface area (Å²) < 4.78 is 5.44. The molecule has 5 nitrogen and oxygen atoms in total. The molecule has 0 fully saturated rings. The number of anilines is 1. The lowest BCUT2D eigenvalue weighted by Crippen LogP contribution is -2.27. The van der Waals surface area contributed by atoms with Crippen LogP contribution in [0.25, 0.3) is 11.3 Å². The fourth-order valence-electron chi connectivity index (χ4n) is 1.71. The minimum absolute atomic E-state index is 0.00841. The molecule has 1 aromatic heterocycles. The summed E-state index contributed by atoms with van der Waals surface area (Å²) in [6.45, 7) is 5.72. The van der Waals surface area contributed by atoms with Crippen molar-refractivity contribution in [1.29, 1.82) is 0 Å². The van der Waals surface area contributed by atoms with Gasteiger partial charge in [-0.1, -0.05) is 23.7 Å². The van der Waals surface area contributed by atoms with Crippen LogP contribution in [0.4, 0.5) is 5.69 Å². The van der Waals surface area contributed by atoms with Crippen molar-refractivity contribution < 1.29 is 9.53 Å². The monoisotopic (exact) mass is 319 g/mol. The van der Waals surface area contributed by atoms with E-state index in [0.717, 1.165) is 5.56 Å². The maximum Gasteiger partial charge on any atom is 0.250 e. The molecule has 0 aliphatic rings. The van der Waals surface area contributed by atoms with Crippen LogP contribution in [0.1, 0.15) is 20.8 Å². The summed E-state index contributed by atoms with van der Waals surface area (Å²) in [5.74, 6) is -0.200. The van der Waals surface area contributed by atoms with E-state index < -0.39 is 0 Å². The summed E-state index contributed by atoms with van der Waals surface area (Å²) in [4.78, 5) is 11.9. The molecule has 0 bridgehead atoms. The predicted octanol–water partition coefficient (Wildman–Crippen LogP) is 3.55. The number of amides is 1. The smallest absolute Gasteiger partial charge is 0.250 e. The van der Waals surface area contributed by atoms with Crippen molar-refractivity contribution in [2.24, 2.45) is 0 Å². The molecule has 0 saturated carbocycles. The van der Waals surface area contributed by atoms with Crippen molar-refractivity contribution in [1.82, 2.24) is 10.2 Å². The molecule has 2 rings (SSSR count). The first kappa shape index (κ1) is 16.4. The van der Waals surface area contributed by atoms with E-state index in [9.17, 15) is 4.79 Å². The molecule has 116 valence electrons. The average Bonchev–Trinajstić information content (AvgIpc) is 2.45. The van der Waals surface area contributed by atoms with E-state index in [1.165, 1.54) is 0 Å². The molecule has 0 radical (unpaired) electrons. The number of carbonyl (C=O) groups is 1. The maximum absolute atomic E-state index is 11.9. The summed E-state index contributed by atoms with van der Waals surface area (Å²) in [5, 5.41) is 11.0.